The number of nitrogens with two attached hydrogens (primary N) is 1. The van der Waals surface area contributed by atoms with Crippen molar-refractivity contribution >= 4 is 11.9 Å². The summed E-state index contributed by atoms with van der Waals surface area (Å²) in [5, 5.41) is 0. The molecule has 0 aliphatic carbocycles. The summed E-state index contributed by atoms with van der Waals surface area (Å²) in [5.41, 5.74) is 6.69. The molecule has 7 heteroatoms. The van der Waals surface area contributed by atoms with Gasteiger partial charge in [-0.2, -0.15) is 0 Å². The van der Waals surface area contributed by atoms with Crippen molar-refractivity contribution in [2.45, 2.75) is 39.0 Å². The first-order chi connectivity index (χ1) is 10.9. The Morgan fingerprint density at radius 1 is 1.13 bits per heavy atom. The Hall–Kier alpha value is -2.28. The van der Waals surface area contributed by atoms with Gasteiger partial charge in [0.25, 0.3) is 0 Å². The number of esters is 2. The van der Waals surface area contributed by atoms with E-state index in [4.69, 9.17) is 24.7 Å². The van der Waals surface area contributed by atoms with Crippen LogP contribution in [0.2, 0.25) is 0 Å². The van der Waals surface area contributed by atoms with E-state index in [1.54, 1.807) is 32.0 Å². The molecule has 2 N–H and O–H groups in total. The third-order valence-electron chi connectivity index (χ3n) is 3.16. The van der Waals surface area contributed by atoms with Crippen LogP contribution in [-0.4, -0.2) is 37.0 Å². The molecular weight excluding hydrogens is 302 g/mol. The molecule has 1 aliphatic rings. The van der Waals surface area contributed by atoms with Gasteiger partial charge in [0.1, 0.15) is 0 Å². The Morgan fingerprint density at radius 2 is 1.70 bits per heavy atom. The maximum Gasteiger partial charge on any atom is 0.453 e. The molecule has 1 aliphatic heterocycles. The van der Waals surface area contributed by atoms with Crippen LogP contribution in [-0.2, 0) is 25.5 Å². The monoisotopic (exact) mass is 323 g/mol. The SMILES string of the molecule is CCOC(=O)C1(C(=O)OCC)Oc2ccc(C[C@@H](C)N)cc2O1. The van der Waals surface area contributed by atoms with Gasteiger partial charge in [-0.15, -0.1) is 0 Å². The van der Waals surface area contributed by atoms with Crippen LogP contribution in [0, 0.1) is 0 Å². The van der Waals surface area contributed by atoms with Gasteiger partial charge in [0.15, 0.2) is 11.5 Å². The van der Waals surface area contributed by atoms with Crippen molar-refractivity contribution in [3.05, 3.63) is 23.8 Å². The number of hydrogen-bond donors (Lipinski definition) is 1. The second-order valence-electron chi connectivity index (χ2n) is 5.22. The molecule has 1 aromatic carbocycles. The van der Waals surface area contributed by atoms with Crippen molar-refractivity contribution in [1.29, 1.82) is 0 Å². The van der Waals surface area contributed by atoms with Crippen LogP contribution in [0.4, 0.5) is 0 Å². The molecule has 0 fully saturated rings. The molecule has 0 spiro atoms. The molecule has 0 bridgehead atoms. The van der Waals surface area contributed by atoms with Gasteiger partial charge in [-0.1, -0.05) is 6.07 Å². The quantitative estimate of drug-likeness (QED) is 0.620. The fourth-order valence-corrected chi connectivity index (χ4v) is 2.25. The van der Waals surface area contributed by atoms with E-state index in [2.05, 4.69) is 0 Å². The lowest BCUT2D eigenvalue weighted by Gasteiger charge is -2.22. The summed E-state index contributed by atoms with van der Waals surface area (Å²) < 4.78 is 20.8. The molecule has 7 nitrogen and oxygen atoms in total. The normalized spacial score (nSPS) is 15.8. The molecule has 0 amide bonds. The van der Waals surface area contributed by atoms with Crippen molar-refractivity contribution in [2.75, 3.05) is 13.2 Å². The van der Waals surface area contributed by atoms with E-state index < -0.39 is 17.7 Å². The lowest BCUT2D eigenvalue weighted by atomic mass is 10.1. The van der Waals surface area contributed by atoms with Gasteiger partial charge in [-0.25, -0.2) is 9.59 Å². The summed E-state index contributed by atoms with van der Waals surface area (Å²) in [5.74, 6) is -3.57. The number of hydrogen-bond acceptors (Lipinski definition) is 7. The lowest BCUT2D eigenvalue weighted by Crippen LogP contribution is -2.55. The molecular formula is C16H21NO6. The highest BCUT2D eigenvalue weighted by molar-refractivity contribution is 6.03. The van der Waals surface area contributed by atoms with Crippen molar-refractivity contribution < 1.29 is 28.5 Å². The predicted molar refractivity (Wildman–Crippen MR) is 81.0 cm³/mol. The number of benzene rings is 1. The first-order valence-electron chi connectivity index (χ1n) is 7.54. The minimum Gasteiger partial charge on any atom is -0.460 e. The van der Waals surface area contributed by atoms with Gasteiger partial charge in [-0.05, 0) is 44.9 Å². The van der Waals surface area contributed by atoms with Gasteiger partial charge in [0, 0.05) is 6.04 Å². The summed E-state index contributed by atoms with van der Waals surface area (Å²) in [6.45, 7) is 5.29. The van der Waals surface area contributed by atoms with Crippen LogP contribution in [0.1, 0.15) is 26.3 Å². The Kier molecular flexibility index (Phi) is 5.10. The molecule has 1 atom stereocenters. The smallest absolute Gasteiger partial charge is 0.453 e. The van der Waals surface area contributed by atoms with Crippen LogP contribution >= 0.6 is 0 Å². The molecule has 1 aromatic rings. The summed E-state index contributed by atoms with van der Waals surface area (Å²) in [6.07, 6.45) is 0.627. The third kappa shape index (κ3) is 3.39. The van der Waals surface area contributed by atoms with Gasteiger partial charge in [0.05, 0.1) is 13.2 Å². The second-order valence-corrected chi connectivity index (χ2v) is 5.22. The minimum atomic E-state index is -2.25. The Morgan fingerprint density at radius 3 is 2.22 bits per heavy atom. The van der Waals surface area contributed by atoms with Gasteiger partial charge >= 0.3 is 17.7 Å². The highest BCUT2D eigenvalue weighted by Crippen LogP contribution is 2.41. The van der Waals surface area contributed by atoms with E-state index in [1.165, 1.54) is 0 Å². The van der Waals surface area contributed by atoms with Crippen LogP contribution < -0.4 is 15.2 Å². The Bertz CT molecular complexity index is 580. The Balaban J connectivity index is 2.32. The minimum absolute atomic E-state index is 0.0322. The van der Waals surface area contributed by atoms with Crippen molar-refractivity contribution in [2.24, 2.45) is 5.73 Å². The van der Waals surface area contributed by atoms with E-state index in [0.29, 0.717) is 6.42 Å². The summed E-state index contributed by atoms with van der Waals surface area (Å²) >= 11 is 0. The van der Waals surface area contributed by atoms with Crippen LogP contribution in [0.25, 0.3) is 0 Å². The highest BCUT2D eigenvalue weighted by atomic mass is 16.8. The highest BCUT2D eigenvalue weighted by Gasteiger charge is 2.59. The number of fused-ring (bicyclic) bond motifs is 1. The largest absolute Gasteiger partial charge is 0.460 e. The zero-order chi connectivity index (χ0) is 17.0. The molecule has 23 heavy (non-hydrogen) atoms. The van der Waals surface area contributed by atoms with Crippen molar-refractivity contribution in [3.63, 3.8) is 0 Å². The zero-order valence-electron chi connectivity index (χ0n) is 13.5. The van der Waals surface area contributed by atoms with Crippen LogP contribution in [0.15, 0.2) is 18.2 Å². The maximum absolute atomic E-state index is 12.2. The predicted octanol–water partition coefficient (Wildman–Crippen LogP) is 1.17. The van der Waals surface area contributed by atoms with Crippen LogP contribution in [0.3, 0.4) is 0 Å². The average Bonchev–Trinajstić information content (AvgIpc) is 2.87. The average molecular weight is 323 g/mol. The summed E-state index contributed by atoms with van der Waals surface area (Å²) in [6, 6.07) is 5.10. The lowest BCUT2D eigenvalue weighted by molar-refractivity contribution is -0.202. The number of rotatable bonds is 6. The molecule has 0 radical (unpaired) electrons. The molecule has 126 valence electrons. The first kappa shape index (κ1) is 17.1. The fourth-order valence-electron chi connectivity index (χ4n) is 2.25. The third-order valence-corrected chi connectivity index (χ3v) is 3.16. The van der Waals surface area contributed by atoms with E-state index in [0.717, 1.165) is 5.56 Å². The number of carbonyl (C=O) groups excluding carboxylic acids is 2. The zero-order valence-corrected chi connectivity index (χ0v) is 13.5. The summed E-state index contributed by atoms with van der Waals surface area (Å²) in [7, 11) is 0. The number of carbonyl (C=O) groups is 2. The molecule has 0 saturated heterocycles. The second kappa shape index (κ2) is 6.87. The van der Waals surface area contributed by atoms with E-state index in [-0.39, 0.29) is 30.8 Å². The van der Waals surface area contributed by atoms with E-state index in [9.17, 15) is 9.59 Å². The van der Waals surface area contributed by atoms with Gasteiger partial charge < -0.3 is 24.7 Å². The van der Waals surface area contributed by atoms with Gasteiger partial charge in [-0.3, -0.25) is 0 Å². The standard InChI is InChI=1S/C16H21NO6/c1-4-20-14(18)16(15(19)21-5-2)22-12-7-6-11(8-10(3)17)9-13(12)23-16/h6-7,9-10H,4-5,8,17H2,1-3H3/t10-/m1/s1. The molecule has 1 heterocycles. The van der Waals surface area contributed by atoms with Crippen molar-refractivity contribution in [3.8, 4) is 11.5 Å². The fraction of sp³-hybridized carbons (Fsp3) is 0.500. The first-order valence-corrected chi connectivity index (χ1v) is 7.54. The van der Waals surface area contributed by atoms with Crippen molar-refractivity contribution in [1.82, 2.24) is 0 Å². The van der Waals surface area contributed by atoms with Crippen LogP contribution in [0.5, 0.6) is 11.5 Å². The molecule has 0 aromatic heterocycles. The van der Waals surface area contributed by atoms with E-state index >= 15 is 0 Å². The molecule has 0 unspecified atom stereocenters. The number of ether oxygens (including phenoxy) is 4. The van der Waals surface area contributed by atoms with E-state index in [1.807, 2.05) is 6.92 Å². The Labute approximate surface area is 134 Å². The maximum atomic E-state index is 12.2. The van der Waals surface area contributed by atoms with Gasteiger partial charge in [0.2, 0.25) is 0 Å². The molecule has 2 rings (SSSR count). The summed E-state index contributed by atoms with van der Waals surface area (Å²) in [4.78, 5) is 24.4. The molecule has 0 saturated carbocycles. The topological polar surface area (TPSA) is 97.1 Å².